The molecule has 3 aliphatic rings. The molecular weight excluding hydrogens is 519 g/mol. The summed E-state index contributed by atoms with van der Waals surface area (Å²) in [5, 5.41) is 12.1. The Kier molecular flexibility index (Phi) is 7.45. The SMILES string of the molecule is Cc1cncc2c1c(C[C@@H]1CCN(CC3CCOCC3)C1)cn2-c1ccc(F)cc1C(=O)N1CC[C@](C)(O)C1(C)C. The molecule has 0 spiro atoms. The van der Waals surface area contributed by atoms with Gasteiger partial charge in [-0.2, -0.15) is 0 Å². The number of halogens is 1. The molecule has 8 heteroatoms. The number of hydrogen-bond acceptors (Lipinski definition) is 5. The van der Waals surface area contributed by atoms with Gasteiger partial charge in [-0.05, 0) is 108 Å². The summed E-state index contributed by atoms with van der Waals surface area (Å²) in [4.78, 5) is 22.8. The highest BCUT2D eigenvalue weighted by Gasteiger charge is 2.51. The molecular formula is C33H43FN4O3. The molecule has 3 saturated heterocycles. The van der Waals surface area contributed by atoms with E-state index in [1.807, 2.05) is 30.8 Å². The number of carbonyl (C=O) groups excluding carboxylic acids is 1. The number of aromatic nitrogens is 2. The van der Waals surface area contributed by atoms with Crippen LogP contribution in [0.15, 0.2) is 36.8 Å². The molecule has 41 heavy (non-hydrogen) atoms. The van der Waals surface area contributed by atoms with E-state index >= 15 is 0 Å². The predicted molar refractivity (Wildman–Crippen MR) is 158 cm³/mol. The Morgan fingerprint density at radius 2 is 1.90 bits per heavy atom. The summed E-state index contributed by atoms with van der Waals surface area (Å²) in [6.07, 6.45) is 10.8. The van der Waals surface area contributed by atoms with E-state index in [9.17, 15) is 14.3 Å². The maximum absolute atomic E-state index is 14.7. The van der Waals surface area contributed by atoms with E-state index in [0.29, 0.717) is 30.1 Å². The van der Waals surface area contributed by atoms with Gasteiger partial charge in [0, 0.05) is 50.6 Å². The Labute approximate surface area is 242 Å². The summed E-state index contributed by atoms with van der Waals surface area (Å²) in [5.41, 5.74) is 2.38. The predicted octanol–water partition coefficient (Wildman–Crippen LogP) is 5.14. The Bertz CT molecular complexity index is 1440. The number of benzene rings is 1. The molecule has 2 atom stereocenters. The van der Waals surface area contributed by atoms with Crippen LogP contribution >= 0.6 is 0 Å². The first-order chi connectivity index (χ1) is 19.5. The number of hydrogen-bond donors (Lipinski definition) is 1. The first-order valence-electron chi connectivity index (χ1n) is 15.1. The molecule has 0 aliphatic carbocycles. The van der Waals surface area contributed by atoms with Crippen molar-refractivity contribution in [1.82, 2.24) is 19.4 Å². The maximum atomic E-state index is 14.7. The normalized spacial score (nSPS) is 25.4. The van der Waals surface area contributed by atoms with Crippen LogP contribution in [0.3, 0.4) is 0 Å². The number of amides is 1. The average Bonchev–Trinajstić information content (AvgIpc) is 3.59. The minimum Gasteiger partial charge on any atom is -0.388 e. The van der Waals surface area contributed by atoms with Gasteiger partial charge in [0.25, 0.3) is 5.91 Å². The Hall–Kier alpha value is -2.81. The lowest BCUT2D eigenvalue weighted by Gasteiger charge is -2.39. The molecule has 3 aliphatic heterocycles. The first-order valence-corrected chi connectivity index (χ1v) is 15.1. The molecule has 1 N–H and O–H groups in total. The van der Waals surface area contributed by atoms with Gasteiger partial charge in [0.05, 0.1) is 34.1 Å². The van der Waals surface area contributed by atoms with Crippen LogP contribution in [0.4, 0.5) is 4.39 Å². The van der Waals surface area contributed by atoms with Crippen molar-refractivity contribution >= 4 is 16.8 Å². The second-order valence-electron chi connectivity index (χ2n) is 13.3. The molecule has 0 radical (unpaired) electrons. The molecule has 1 aromatic carbocycles. The molecule has 0 saturated carbocycles. The fourth-order valence-electron chi connectivity index (χ4n) is 7.24. The summed E-state index contributed by atoms with van der Waals surface area (Å²) in [6, 6.07) is 4.44. The molecule has 7 nitrogen and oxygen atoms in total. The lowest BCUT2D eigenvalue weighted by atomic mass is 9.85. The third-order valence-electron chi connectivity index (χ3n) is 10.2. The van der Waals surface area contributed by atoms with Crippen LogP contribution in [0, 0.1) is 24.6 Å². The van der Waals surface area contributed by atoms with Crippen molar-refractivity contribution in [2.24, 2.45) is 11.8 Å². The largest absolute Gasteiger partial charge is 0.388 e. The fourth-order valence-corrected chi connectivity index (χ4v) is 7.24. The molecule has 2 aromatic heterocycles. The van der Waals surface area contributed by atoms with Crippen molar-refractivity contribution < 1.29 is 19.0 Å². The van der Waals surface area contributed by atoms with Gasteiger partial charge in [0.1, 0.15) is 5.82 Å². The Balaban J connectivity index is 1.32. The first kappa shape index (κ1) is 28.3. The zero-order chi connectivity index (χ0) is 28.9. The number of likely N-dealkylation sites (tertiary alicyclic amines) is 2. The van der Waals surface area contributed by atoms with Crippen LogP contribution < -0.4 is 0 Å². The van der Waals surface area contributed by atoms with E-state index in [0.717, 1.165) is 74.5 Å². The van der Waals surface area contributed by atoms with E-state index < -0.39 is 17.0 Å². The number of pyridine rings is 1. The third kappa shape index (κ3) is 5.19. The number of aryl methyl sites for hydroxylation is 1. The molecule has 220 valence electrons. The monoisotopic (exact) mass is 562 g/mol. The second kappa shape index (κ2) is 10.8. The zero-order valence-electron chi connectivity index (χ0n) is 24.8. The van der Waals surface area contributed by atoms with Crippen molar-refractivity contribution in [2.45, 2.75) is 70.9 Å². The fraction of sp³-hybridized carbons (Fsp3) is 0.576. The minimum absolute atomic E-state index is 0.272. The number of fused-ring (bicyclic) bond motifs is 1. The van der Waals surface area contributed by atoms with Crippen molar-refractivity contribution in [3.05, 3.63) is 59.3 Å². The maximum Gasteiger partial charge on any atom is 0.256 e. The zero-order valence-corrected chi connectivity index (χ0v) is 24.8. The third-order valence-corrected chi connectivity index (χ3v) is 10.2. The van der Waals surface area contributed by atoms with E-state index in [1.165, 1.54) is 24.1 Å². The van der Waals surface area contributed by atoms with E-state index in [1.54, 1.807) is 17.9 Å². The van der Waals surface area contributed by atoms with Gasteiger partial charge in [0.2, 0.25) is 0 Å². The van der Waals surface area contributed by atoms with Crippen molar-refractivity contribution in [1.29, 1.82) is 0 Å². The van der Waals surface area contributed by atoms with Crippen LogP contribution in [0.1, 0.15) is 67.9 Å². The lowest BCUT2D eigenvalue weighted by Crippen LogP contribution is -2.54. The van der Waals surface area contributed by atoms with E-state index in [2.05, 4.69) is 23.0 Å². The number of nitrogens with zero attached hydrogens (tertiary/aromatic N) is 4. The number of ether oxygens (including phenoxy) is 1. The van der Waals surface area contributed by atoms with Gasteiger partial charge in [-0.3, -0.25) is 9.78 Å². The summed E-state index contributed by atoms with van der Waals surface area (Å²) < 4.78 is 22.2. The lowest BCUT2D eigenvalue weighted by molar-refractivity contribution is -0.0235. The van der Waals surface area contributed by atoms with Gasteiger partial charge in [-0.1, -0.05) is 0 Å². The van der Waals surface area contributed by atoms with Crippen molar-refractivity contribution in [2.75, 3.05) is 39.4 Å². The molecule has 6 rings (SSSR count). The number of aliphatic hydroxyl groups is 1. The van der Waals surface area contributed by atoms with Gasteiger partial charge in [-0.15, -0.1) is 0 Å². The minimum atomic E-state index is -1.02. The molecule has 0 unspecified atom stereocenters. The highest BCUT2D eigenvalue weighted by Crippen LogP contribution is 2.40. The molecule has 0 bridgehead atoms. The van der Waals surface area contributed by atoms with Crippen LogP contribution in [-0.2, 0) is 11.2 Å². The molecule has 5 heterocycles. The van der Waals surface area contributed by atoms with Crippen molar-refractivity contribution in [3.63, 3.8) is 0 Å². The quantitative estimate of drug-likeness (QED) is 0.451. The topological polar surface area (TPSA) is 70.8 Å². The smallest absolute Gasteiger partial charge is 0.256 e. The Morgan fingerprint density at radius 1 is 1.12 bits per heavy atom. The summed E-state index contributed by atoms with van der Waals surface area (Å²) in [6.45, 7) is 13.2. The van der Waals surface area contributed by atoms with Crippen molar-refractivity contribution in [3.8, 4) is 5.69 Å². The summed E-state index contributed by atoms with van der Waals surface area (Å²) >= 11 is 0. The second-order valence-corrected chi connectivity index (χ2v) is 13.3. The summed E-state index contributed by atoms with van der Waals surface area (Å²) in [7, 11) is 0. The van der Waals surface area contributed by atoms with Gasteiger partial charge in [-0.25, -0.2) is 4.39 Å². The van der Waals surface area contributed by atoms with Gasteiger partial charge >= 0.3 is 0 Å². The number of rotatable bonds is 6. The highest BCUT2D eigenvalue weighted by molar-refractivity contribution is 6.00. The average molecular weight is 563 g/mol. The van der Waals surface area contributed by atoms with Gasteiger partial charge in [0.15, 0.2) is 0 Å². The number of carbonyl (C=O) groups is 1. The van der Waals surface area contributed by atoms with Crippen LogP contribution in [0.5, 0.6) is 0 Å². The van der Waals surface area contributed by atoms with E-state index in [-0.39, 0.29) is 5.91 Å². The van der Waals surface area contributed by atoms with Crippen LogP contribution in [0.25, 0.3) is 16.6 Å². The molecule has 1 amide bonds. The summed E-state index contributed by atoms with van der Waals surface area (Å²) in [5.74, 6) is 0.563. The van der Waals surface area contributed by atoms with Gasteiger partial charge < -0.3 is 24.2 Å². The highest BCUT2D eigenvalue weighted by atomic mass is 19.1. The Morgan fingerprint density at radius 3 is 2.63 bits per heavy atom. The standard InChI is InChI=1S/C33H43FN4O3/c1-22-17-35-18-29-30(22)25(15-24-7-11-36(20-24)19-23-8-13-41-14-9-23)21-37(29)28-6-5-26(34)16-27(28)31(39)38-12-10-33(4,40)32(38,2)3/h5-6,16-18,21,23-24,40H,7-15,19-20H2,1-4H3/t24-,33-/m0/s1. The van der Waals surface area contributed by atoms with E-state index in [4.69, 9.17) is 4.74 Å². The van der Waals surface area contributed by atoms with Crippen LogP contribution in [0.2, 0.25) is 0 Å². The van der Waals surface area contributed by atoms with Crippen LogP contribution in [-0.4, -0.2) is 80.9 Å². The molecule has 3 aromatic rings. The molecule has 3 fully saturated rings.